The van der Waals surface area contributed by atoms with Crippen molar-refractivity contribution in [3.8, 4) is 11.5 Å². The molecular formula is C60H75ClF6N4O12. The largest absolute Gasteiger partial charge is 0.508 e. The minimum atomic E-state index is -4.44. The van der Waals surface area contributed by atoms with Crippen LogP contribution >= 0.6 is 11.6 Å². The van der Waals surface area contributed by atoms with Crippen molar-refractivity contribution in [3.05, 3.63) is 117 Å². The summed E-state index contributed by atoms with van der Waals surface area (Å²) < 4.78 is 104. The molecule has 6 rings (SSSR count). The minimum absolute atomic E-state index is 0.0230. The van der Waals surface area contributed by atoms with Crippen LogP contribution in [0, 0.1) is 0 Å². The second kappa shape index (κ2) is 30.4. The van der Waals surface area contributed by atoms with Crippen LogP contribution in [0.3, 0.4) is 0 Å². The van der Waals surface area contributed by atoms with Gasteiger partial charge in [-0.3, -0.25) is 29.0 Å². The van der Waals surface area contributed by atoms with E-state index in [1.165, 1.54) is 28.0 Å². The smallest absolute Gasteiger partial charge is 0.416 e. The molecule has 2 aliphatic heterocycles. The zero-order valence-electron chi connectivity index (χ0n) is 48.6. The van der Waals surface area contributed by atoms with Gasteiger partial charge in [0.25, 0.3) is 0 Å². The topological polar surface area (TPSA) is 182 Å². The Morgan fingerprint density at radius 2 is 1.00 bits per heavy atom. The van der Waals surface area contributed by atoms with E-state index in [2.05, 4.69) is 0 Å². The number of rotatable bonds is 18. The molecule has 456 valence electrons. The first-order valence-corrected chi connectivity index (χ1v) is 27.7. The van der Waals surface area contributed by atoms with Gasteiger partial charge in [-0.25, -0.2) is 9.59 Å². The quantitative estimate of drug-likeness (QED) is 0.0431. The average Bonchev–Trinajstić information content (AvgIpc) is 4.29. The molecule has 0 fully saturated rings. The molecule has 2 heterocycles. The Hall–Kier alpha value is -7.23. The molecule has 0 unspecified atom stereocenters. The van der Waals surface area contributed by atoms with Crippen LogP contribution in [0.2, 0.25) is 0 Å². The second-order valence-corrected chi connectivity index (χ2v) is 21.5. The Balaban J connectivity index is 0.000000302. The third kappa shape index (κ3) is 21.5. The molecule has 16 nitrogen and oxygen atoms in total. The van der Waals surface area contributed by atoms with Crippen LogP contribution in [0.25, 0.3) is 0 Å². The van der Waals surface area contributed by atoms with Gasteiger partial charge < -0.3 is 38.6 Å². The van der Waals surface area contributed by atoms with Crippen molar-refractivity contribution < 1.29 is 83.9 Å². The summed E-state index contributed by atoms with van der Waals surface area (Å²) in [6.45, 7) is 17.9. The second-order valence-electron chi connectivity index (χ2n) is 21.2. The molecule has 4 aromatic carbocycles. The molecule has 0 aliphatic carbocycles. The first-order chi connectivity index (χ1) is 38.8. The van der Waals surface area contributed by atoms with E-state index in [1.807, 2.05) is 0 Å². The number of esters is 2. The van der Waals surface area contributed by atoms with Crippen molar-refractivity contribution >= 4 is 58.9 Å². The van der Waals surface area contributed by atoms with Crippen LogP contribution in [-0.2, 0) is 88.6 Å². The minimum Gasteiger partial charge on any atom is -0.508 e. The first kappa shape index (κ1) is 68.3. The normalized spacial score (nSPS) is 12.8. The number of ether oxygens (including phenoxy) is 5. The number of nitrogens with zero attached hydrogens (tertiary/aromatic N) is 4. The van der Waals surface area contributed by atoms with Gasteiger partial charge in [-0.2, -0.15) is 26.3 Å². The number of phenols is 1. The van der Waals surface area contributed by atoms with Gasteiger partial charge in [0.15, 0.2) is 0 Å². The first-order valence-electron chi connectivity index (χ1n) is 27.2. The number of carbonyl (C=O) groups excluding carboxylic acids is 6. The summed E-state index contributed by atoms with van der Waals surface area (Å²) in [4.78, 5) is 80.5. The number of phenolic OH excluding ortho intramolecular Hbond substituents is 1. The summed E-state index contributed by atoms with van der Waals surface area (Å²) in [6.07, 6.45) is -8.38. The fourth-order valence-electron chi connectivity index (χ4n) is 8.64. The number of fused-ring (bicyclic) bond motifs is 2. The van der Waals surface area contributed by atoms with E-state index >= 15 is 0 Å². The van der Waals surface area contributed by atoms with E-state index in [-0.39, 0.29) is 94.3 Å². The van der Waals surface area contributed by atoms with Gasteiger partial charge in [0.05, 0.1) is 37.2 Å². The SMILES string of the molecule is CCOC(=O)CCN(CC(=O)N1CCc2cc(O)ccc21)C(=O)OC(C)(C)C.CCOC(=O)CCN(CC(=O)N1CCc2cc(OCc3ccc(CC)c(C(F)(F)F)c3)ccc21)C(=O)OC(C)(C)C.CCc1ccc(CCl)cc1C(F)(F)F. The molecule has 0 saturated carbocycles. The number of amides is 4. The molecule has 0 aromatic heterocycles. The molecule has 4 amide bonds. The molecule has 0 bridgehead atoms. The zero-order valence-corrected chi connectivity index (χ0v) is 49.4. The lowest BCUT2D eigenvalue weighted by Crippen LogP contribution is -2.45. The maximum Gasteiger partial charge on any atom is 0.416 e. The van der Waals surface area contributed by atoms with Crippen LogP contribution in [0.5, 0.6) is 11.5 Å². The molecule has 0 saturated heterocycles. The highest BCUT2D eigenvalue weighted by Crippen LogP contribution is 2.36. The van der Waals surface area contributed by atoms with Gasteiger partial charge in [-0.1, -0.05) is 38.1 Å². The van der Waals surface area contributed by atoms with Crippen molar-refractivity contribution in [2.45, 2.75) is 144 Å². The van der Waals surface area contributed by atoms with Crippen molar-refractivity contribution in [2.75, 3.05) is 62.3 Å². The summed E-state index contributed by atoms with van der Waals surface area (Å²) in [5.74, 6) is -0.822. The number of aromatic hydroxyl groups is 1. The Morgan fingerprint density at radius 3 is 1.41 bits per heavy atom. The Kier molecular flexibility index (Phi) is 25.0. The highest BCUT2D eigenvalue weighted by molar-refractivity contribution is 6.17. The summed E-state index contributed by atoms with van der Waals surface area (Å²) in [5.41, 5.74) is 1.79. The maximum absolute atomic E-state index is 13.4. The predicted molar refractivity (Wildman–Crippen MR) is 300 cm³/mol. The van der Waals surface area contributed by atoms with Gasteiger partial charge >= 0.3 is 36.5 Å². The molecule has 23 heteroatoms. The van der Waals surface area contributed by atoms with Gasteiger partial charge in [0.2, 0.25) is 11.8 Å². The fourth-order valence-corrected chi connectivity index (χ4v) is 8.81. The van der Waals surface area contributed by atoms with E-state index in [1.54, 1.807) is 122 Å². The molecule has 83 heavy (non-hydrogen) atoms. The lowest BCUT2D eigenvalue weighted by atomic mass is 10.0. The summed E-state index contributed by atoms with van der Waals surface area (Å²) in [5, 5.41) is 9.60. The van der Waals surface area contributed by atoms with Gasteiger partial charge in [-0.15, -0.1) is 11.6 Å². The number of hydrogen-bond acceptors (Lipinski definition) is 12. The average molecular weight is 1190 g/mol. The highest BCUT2D eigenvalue weighted by Gasteiger charge is 2.36. The molecular weight excluding hydrogens is 1120 g/mol. The van der Waals surface area contributed by atoms with E-state index in [9.17, 15) is 60.2 Å². The van der Waals surface area contributed by atoms with E-state index in [0.29, 0.717) is 60.5 Å². The molecule has 4 aromatic rings. The monoisotopic (exact) mass is 1190 g/mol. The third-order valence-electron chi connectivity index (χ3n) is 12.5. The van der Waals surface area contributed by atoms with Crippen molar-refractivity contribution in [1.29, 1.82) is 0 Å². The Morgan fingerprint density at radius 1 is 0.578 bits per heavy atom. The maximum atomic E-state index is 13.4. The fraction of sp³-hybridized carbons (Fsp3) is 0.500. The summed E-state index contributed by atoms with van der Waals surface area (Å²) in [7, 11) is 0. The van der Waals surface area contributed by atoms with Crippen LogP contribution in [0.1, 0.15) is 127 Å². The molecule has 0 radical (unpaired) electrons. The van der Waals surface area contributed by atoms with Gasteiger partial charge in [0, 0.05) is 43.4 Å². The zero-order chi connectivity index (χ0) is 62.0. The number of carbonyl (C=O) groups is 6. The van der Waals surface area contributed by atoms with E-state index in [0.717, 1.165) is 28.9 Å². The Labute approximate surface area is 485 Å². The third-order valence-corrected chi connectivity index (χ3v) is 12.8. The number of hydrogen-bond donors (Lipinski definition) is 1. The number of benzene rings is 4. The highest BCUT2D eigenvalue weighted by atomic mass is 35.5. The van der Waals surface area contributed by atoms with Crippen LogP contribution in [0.4, 0.5) is 47.3 Å². The number of anilines is 2. The number of aryl methyl sites for hydroxylation is 2. The van der Waals surface area contributed by atoms with Gasteiger partial charge in [-0.05, 0) is 163 Å². The van der Waals surface area contributed by atoms with Crippen molar-refractivity contribution in [1.82, 2.24) is 9.80 Å². The summed E-state index contributed by atoms with van der Waals surface area (Å²) >= 11 is 5.48. The van der Waals surface area contributed by atoms with Gasteiger partial charge in [0.1, 0.15) is 42.4 Å². The molecule has 0 atom stereocenters. The standard InChI is InChI=1S/C30H37F3N2O6.C20H28N2O6.C10H10ClF3/c1-6-21-9-8-20(16-24(21)30(31,32)33)19-40-23-10-11-25-22(17-23)12-15-35(25)26(36)18-34(14-13-27(37)39-7-2)28(38)41-29(3,4)5;1-5-27-18(25)9-10-21(19(26)28-20(2,3)4)13-17(24)22-11-8-14-12-15(23)6-7-16(14)22;1-2-8-4-3-7(6-11)5-9(8)10(12,13)14/h8-11,16-17H,6-7,12-15,18-19H2,1-5H3;6-7,12,23H,5,8-11,13H2,1-4H3;3-5H,2,6H2,1H3. The molecule has 0 spiro atoms. The lowest BCUT2D eigenvalue weighted by Gasteiger charge is -2.28. The van der Waals surface area contributed by atoms with Crippen molar-refractivity contribution in [3.63, 3.8) is 0 Å². The lowest BCUT2D eigenvalue weighted by molar-refractivity contribution is -0.144. The number of halogens is 7. The van der Waals surface area contributed by atoms with Crippen molar-refractivity contribution in [2.24, 2.45) is 0 Å². The number of alkyl halides is 7. The predicted octanol–water partition coefficient (Wildman–Crippen LogP) is 12.4. The molecule has 1 N–H and O–H groups in total. The molecule has 2 aliphatic rings. The van der Waals surface area contributed by atoms with Crippen LogP contribution in [0.15, 0.2) is 72.8 Å². The van der Waals surface area contributed by atoms with E-state index < -0.39 is 58.8 Å². The van der Waals surface area contributed by atoms with Crippen LogP contribution < -0.4 is 14.5 Å². The Bertz CT molecular complexity index is 2890. The summed E-state index contributed by atoms with van der Waals surface area (Å²) in [6, 6.07) is 18.4. The van der Waals surface area contributed by atoms with E-state index in [4.69, 9.17) is 35.3 Å². The van der Waals surface area contributed by atoms with Crippen LogP contribution in [-0.4, -0.2) is 115 Å².